The van der Waals surface area contributed by atoms with Crippen LogP contribution in [0.3, 0.4) is 0 Å². The fraction of sp³-hybridized carbons (Fsp3) is 0.154. The number of aryl methyl sites for hydroxylation is 2. The first-order valence-electron chi connectivity index (χ1n) is 5.56. The van der Waals surface area contributed by atoms with Gasteiger partial charge in [0, 0.05) is 17.8 Å². The van der Waals surface area contributed by atoms with Crippen LogP contribution in [0.4, 0.5) is 5.69 Å². The Morgan fingerprint density at radius 3 is 2.63 bits per heavy atom. The maximum Gasteiger partial charge on any atom is 0.331 e. The number of phenolic OH excluding ortho intramolecular Hbond substituents is 1. The van der Waals surface area contributed by atoms with E-state index in [4.69, 9.17) is 4.74 Å². The number of hydrogen-bond acceptors (Lipinski definition) is 5. The zero-order chi connectivity index (χ0) is 14.0. The van der Waals surface area contributed by atoms with Gasteiger partial charge in [-0.05, 0) is 37.6 Å². The molecule has 0 atom stereocenters. The molecule has 1 aromatic carbocycles. The Hall–Kier alpha value is -2.63. The van der Waals surface area contributed by atoms with Crippen LogP contribution in [0, 0.1) is 24.0 Å². The molecule has 0 bridgehead atoms. The largest absolute Gasteiger partial charge is 0.508 e. The predicted octanol–water partition coefficient (Wildman–Crippen LogP) is 3.10. The van der Waals surface area contributed by atoms with Crippen LogP contribution in [0.15, 0.2) is 30.3 Å². The van der Waals surface area contributed by atoms with E-state index in [1.807, 2.05) is 0 Å². The summed E-state index contributed by atoms with van der Waals surface area (Å²) in [5, 5.41) is 20.4. The lowest BCUT2D eigenvalue weighted by Crippen LogP contribution is -1.97. The number of hydrogen-bond donors (Lipinski definition) is 1. The van der Waals surface area contributed by atoms with Crippen LogP contribution in [0.2, 0.25) is 0 Å². The second-order valence-corrected chi connectivity index (χ2v) is 4.14. The van der Waals surface area contributed by atoms with E-state index in [-0.39, 0.29) is 17.3 Å². The van der Waals surface area contributed by atoms with Gasteiger partial charge in [-0.2, -0.15) is 0 Å². The molecule has 0 fully saturated rings. The second-order valence-electron chi connectivity index (χ2n) is 4.14. The predicted molar refractivity (Wildman–Crippen MR) is 68.5 cm³/mol. The van der Waals surface area contributed by atoms with Gasteiger partial charge in [0.25, 0.3) is 5.88 Å². The topological polar surface area (TPSA) is 85.5 Å². The van der Waals surface area contributed by atoms with Crippen molar-refractivity contribution in [3.8, 4) is 17.4 Å². The molecule has 98 valence electrons. The Morgan fingerprint density at radius 2 is 2.00 bits per heavy atom. The number of aromatic hydroxyl groups is 1. The minimum atomic E-state index is -0.558. The number of phenols is 1. The van der Waals surface area contributed by atoms with Crippen molar-refractivity contribution in [3.63, 3.8) is 0 Å². The Morgan fingerprint density at radius 1 is 1.26 bits per heavy atom. The molecule has 1 aromatic heterocycles. The van der Waals surface area contributed by atoms with E-state index < -0.39 is 4.92 Å². The van der Waals surface area contributed by atoms with E-state index in [0.717, 1.165) is 5.56 Å². The summed E-state index contributed by atoms with van der Waals surface area (Å²) in [6.07, 6.45) is 0. The molecule has 1 N–H and O–H groups in total. The average molecular weight is 260 g/mol. The number of nitro groups is 1. The zero-order valence-electron chi connectivity index (χ0n) is 10.5. The first kappa shape index (κ1) is 12.8. The molecule has 0 unspecified atom stereocenters. The molecule has 1 heterocycles. The normalized spacial score (nSPS) is 10.2. The smallest absolute Gasteiger partial charge is 0.331 e. The van der Waals surface area contributed by atoms with Crippen LogP contribution in [0.1, 0.15) is 11.3 Å². The fourth-order valence-corrected chi connectivity index (χ4v) is 1.64. The maximum atomic E-state index is 10.9. The van der Waals surface area contributed by atoms with Crippen molar-refractivity contribution in [2.45, 2.75) is 13.8 Å². The number of aromatic nitrogens is 1. The van der Waals surface area contributed by atoms with Crippen LogP contribution in [0.5, 0.6) is 17.4 Å². The first-order valence-corrected chi connectivity index (χ1v) is 5.56. The van der Waals surface area contributed by atoms with Crippen molar-refractivity contribution in [2.75, 3.05) is 0 Å². The third kappa shape index (κ3) is 2.98. The molecule has 2 rings (SSSR count). The van der Waals surface area contributed by atoms with Crippen molar-refractivity contribution in [2.24, 2.45) is 0 Å². The number of rotatable bonds is 3. The molecule has 0 amide bonds. The van der Waals surface area contributed by atoms with E-state index in [2.05, 4.69) is 4.98 Å². The number of ether oxygens (including phenoxy) is 1. The van der Waals surface area contributed by atoms with Crippen molar-refractivity contribution in [1.29, 1.82) is 0 Å². The molecule has 6 heteroatoms. The fourth-order valence-electron chi connectivity index (χ4n) is 1.64. The molecule has 0 radical (unpaired) electrons. The maximum absolute atomic E-state index is 10.9. The Labute approximate surface area is 109 Å². The lowest BCUT2D eigenvalue weighted by atomic mass is 10.2. The Kier molecular flexibility index (Phi) is 3.33. The molecular weight excluding hydrogens is 248 g/mol. The third-order valence-electron chi connectivity index (χ3n) is 2.43. The highest BCUT2D eigenvalue weighted by Crippen LogP contribution is 2.31. The number of nitrogens with zero attached hydrogens (tertiary/aromatic N) is 2. The summed E-state index contributed by atoms with van der Waals surface area (Å²) in [6, 6.07) is 7.48. The zero-order valence-corrected chi connectivity index (χ0v) is 10.5. The summed E-state index contributed by atoms with van der Waals surface area (Å²) in [5.41, 5.74) is 1.18. The van der Waals surface area contributed by atoms with Gasteiger partial charge in [-0.3, -0.25) is 10.1 Å². The number of pyridine rings is 1. The molecular formula is C13H12N2O4. The average Bonchev–Trinajstić information content (AvgIpc) is 2.26. The van der Waals surface area contributed by atoms with Crippen LogP contribution < -0.4 is 4.74 Å². The monoisotopic (exact) mass is 260 g/mol. The quantitative estimate of drug-likeness (QED) is 0.677. The summed E-state index contributed by atoms with van der Waals surface area (Å²) < 4.78 is 5.40. The Bertz CT molecular complexity index is 620. The van der Waals surface area contributed by atoms with Gasteiger partial charge in [-0.1, -0.05) is 0 Å². The molecule has 0 saturated carbocycles. The molecule has 19 heavy (non-hydrogen) atoms. The van der Waals surface area contributed by atoms with Crippen LogP contribution in [-0.4, -0.2) is 15.0 Å². The van der Waals surface area contributed by atoms with Gasteiger partial charge < -0.3 is 9.84 Å². The number of benzene rings is 1. The highest BCUT2D eigenvalue weighted by Gasteiger charge is 2.17. The Balaban J connectivity index is 2.42. The van der Waals surface area contributed by atoms with Gasteiger partial charge in [0.05, 0.1) is 4.92 Å². The molecule has 0 aliphatic rings. The summed E-state index contributed by atoms with van der Waals surface area (Å²) in [6.45, 7) is 3.50. The van der Waals surface area contributed by atoms with Gasteiger partial charge in [0.15, 0.2) is 0 Å². The molecule has 6 nitrogen and oxygen atoms in total. The summed E-state index contributed by atoms with van der Waals surface area (Å²) in [4.78, 5) is 14.3. The van der Waals surface area contributed by atoms with E-state index >= 15 is 0 Å². The van der Waals surface area contributed by atoms with E-state index in [9.17, 15) is 15.2 Å². The van der Waals surface area contributed by atoms with E-state index in [1.165, 1.54) is 12.1 Å². The second kappa shape index (κ2) is 4.93. The van der Waals surface area contributed by atoms with Gasteiger partial charge >= 0.3 is 5.69 Å². The SMILES string of the molecule is Cc1cc(O)cc(Oc2nc(C)ccc2[N+](=O)[O-])c1. The highest BCUT2D eigenvalue weighted by molar-refractivity contribution is 5.45. The van der Waals surface area contributed by atoms with E-state index in [0.29, 0.717) is 11.4 Å². The summed E-state index contributed by atoms with van der Waals surface area (Å²) in [7, 11) is 0. The summed E-state index contributed by atoms with van der Waals surface area (Å²) in [5.74, 6) is 0.249. The van der Waals surface area contributed by atoms with Gasteiger partial charge in [-0.25, -0.2) is 4.98 Å². The third-order valence-corrected chi connectivity index (χ3v) is 2.43. The van der Waals surface area contributed by atoms with Crippen LogP contribution in [0.25, 0.3) is 0 Å². The minimum absolute atomic E-state index is 0.0327. The molecule has 0 spiro atoms. The van der Waals surface area contributed by atoms with Crippen molar-refractivity contribution in [1.82, 2.24) is 4.98 Å². The van der Waals surface area contributed by atoms with Crippen LogP contribution in [-0.2, 0) is 0 Å². The van der Waals surface area contributed by atoms with Gasteiger partial charge in [0.1, 0.15) is 11.5 Å². The lowest BCUT2D eigenvalue weighted by Gasteiger charge is -2.07. The van der Waals surface area contributed by atoms with Crippen LogP contribution >= 0.6 is 0 Å². The lowest BCUT2D eigenvalue weighted by molar-refractivity contribution is -0.386. The molecule has 0 saturated heterocycles. The van der Waals surface area contributed by atoms with Gasteiger partial charge in [-0.15, -0.1) is 0 Å². The highest BCUT2D eigenvalue weighted by atomic mass is 16.6. The summed E-state index contributed by atoms with van der Waals surface area (Å²) >= 11 is 0. The molecule has 2 aromatic rings. The van der Waals surface area contributed by atoms with Crippen molar-refractivity contribution >= 4 is 5.69 Å². The van der Waals surface area contributed by atoms with Crippen molar-refractivity contribution in [3.05, 3.63) is 51.7 Å². The molecule has 0 aliphatic carbocycles. The molecule has 0 aliphatic heterocycles. The first-order chi connectivity index (χ1) is 8.95. The minimum Gasteiger partial charge on any atom is -0.508 e. The van der Waals surface area contributed by atoms with Gasteiger partial charge in [0.2, 0.25) is 0 Å². The van der Waals surface area contributed by atoms with E-state index in [1.54, 1.807) is 32.0 Å². The standard InChI is InChI=1S/C13H12N2O4/c1-8-5-10(16)7-11(6-8)19-13-12(15(17)18)4-3-9(2)14-13/h3-7,16H,1-2H3. The van der Waals surface area contributed by atoms with Crippen molar-refractivity contribution < 1.29 is 14.8 Å².